The first kappa shape index (κ1) is 14.8. The van der Waals surface area contributed by atoms with Gasteiger partial charge in [0, 0.05) is 17.3 Å². The number of nitrogens with zero attached hydrogens (tertiary/aromatic N) is 2. The Morgan fingerprint density at radius 3 is 2.57 bits per heavy atom. The van der Waals surface area contributed by atoms with Crippen LogP contribution in [0.3, 0.4) is 0 Å². The number of rotatable bonds is 4. The van der Waals surface area contributed by atoms with Gasteiger partial charge in [-0.05, 0) is 32.3 Å². The molecule has 0 saturated heterocycles. The van der Waals surface area contributed by atoms with Crippen molar-refractivity contribution < 1.29 is 0 Å². The van der Waals surface area contributed by atoms with Crippen LogP contribution in [0.4, 0.5) is 5.82 Å². The van der Waals surface area contributed by atoms with Crippen LogP contribution in [0.25, 0.3) is 10.2 Å². The number of aryl methyl sites for hydroxylation is 1. The monoisotopic (exact) mass is 303 g/mol. The van der Waals surface area contributed by atoms with Gasteiger partial charge in [0.2, 0.25) is 0 Å². The van der Waals surface area contributed by atoms with E-state index < -0.39 is 0 Å². The summed E-state index contributed by atoms with van der Waals surface area (Å²) < 4.78 is 0. The Morgan fingerprint density at radius 1 is 1.14 bits per heavy atom. The lowest BCUT2D eigenvalue weighted by Gasteiger charge is -2.14. The molecule has 0 radical (unpaired) electrons. The van der Waals surface area contributed by atoms with Crippen molar-refractivity contribution in [2.75, 3.05) is 11.9 Å². The zero-order valence-electron chi connectivity index (χ0n) is 13.1. The van der Waals surface area contributed by atoms with Crippen LogP contribution >= 0.6 is 11.3 Å². The molecule has 3 nitrogen and oxygen atoms in total. The maximum atomic E-state index is 4.92. The fourth-order valence-corrected chi connectivity index (χ4v) is 4.16. The third-order valence-electron chi connectivity index (χ3n) is 4.37. The molecule has 0 aliphatic heterocycles. The molecule has 0 atom stereocenters. The SMILES string of the molecule is CCNc1nc(C2CCCCCC2)nc2sc(CC)cc12. The summed E-state index contributed by atoms with van der Waals surface area (Å²) >= 11 is 1.83. The topological polar surface area (TPSA) is 37.8 Å². The summed E-state index contributed by atoms with van der Waals surface area (Å²) in [6, 6.07) is 2.26. The number of hydrogen-bond acceptors (Lipinski definition) is 4. The summed E-state index contributed by atoms with van der Waals surface area (Å²) in [6.07, 6.45) is 8.98. The molecule has 0 unspecified atom stereocenters. The first-order valence-corrected chi connectivity index (χ1v) is 9.17. The van der Waals surface area contributed by atoms with E-state index >= 15 is 0 Å². The van der Waals surface area contributed by atoms with Gasteiger partial charge in [0.05, 0.1) is 5.39 Å². The highest BCUT2D eigenvalue weighted by Crippen LogP contribution is 2.34. The molecule has 2 aromatic heterocycles. The van der Waals surface area contributed by atoms with Gasteiger partial charge in [0.15, 0.2) is 0 Å². The van der Waals surface area contributed by atoms with Crippen molar-refractivity contribution in [2.24, 2.45) is 0 Å². The van der Waals surface area contributed by atoms with Gasteiger partial charge in [-0.1, -0.05) is 32.6 Å². The zero-order valence-corrected chi connectivity index (χ0v) is 13.9. The van der Waals surface area contributed by atoms with E-state index in [4.69, 9.17) is 9.97 Å². The van der Waals surface area contributed by atoms with Gasteiger partial charge in [-0.15, -0.1) is 11.3 Å². The summed E-state index contributed by atoms with van der Waals surface area (Å²) in [7, 11) is 0. The molecule has 1 fully saturated rings. The Morgan fingerprint density at radius 2 is 1.90 bits per heavy atom. The molecule has 1 aliphatic carbocycles. The van der Waals surface area contributed by atoms with E-state index in [1.165, 1.54) is 48.8 Å². The predicted molar refractivity (Wildman–Crippen MR) is 91.4 cm³/mol. The van der Waals surface area contributed by atoms with Crippen LogP contribution in [0.15, 0.2) is 6.07 Å². The lowest BCUT2D eigenvalue weighted by Crippen LogP contribution is -2.08. The normalized spacial score (nSPS) is 17.0. The minimum Gasteiger partial charge on any atom is -0.370 e. The van der Waals surface area contributed by atoms with Gasteiger partial charge in [-0.3, -0.25) is 0 Å². The smallest absolute Gasteiger partial charge is 0.138 e. The second-order valence-corrected chi connectivity index (χ2v) is 7.05. The van der Waals surface area contributed by atoms with E-state index in [2.05, 4.69) is 25.2 Å². The Labute approximate surface area is 131 Å². The molecule has 4 heteroatoms. The van der Waals surface area contributed by atoms with E-state index in [1.807, 2.05) is 11.3 Å². The number of fused-ring (bicyclic) bond motifs is 1. The number of nitrogens with one attached hydrogen (secondary N) is 1. The third-order valence-corrected chi connectivity index (χ3v) is 5.55. The van der Waals surface area contributed by atoms with E-state index in [9.17, 15) is 0 Å². The molecule has 0 spiro atoms. The molecule has 2 heterocycles. The maximum absolute atomic E-state index is 4.92. The molecule has 1 saturated carbocycles. The highest BCUT2D eigenvalue weighted by molar-refractivity contribution is 7.18. The average molecular weight is 303 g/mol. The lowest BCUT2D eigenvalue weighted by atomic mass is 9.99. The largest absolute Gasteiger partial charge is 0.370 e. The summed E-state index contributed by atoms with van der Waals surface area (Å²) in [6.45, 7) is 5.25. The van der Waals surface area contributed by atoms with Crippen LogP contribution in [0.5, 0.6) is 0 Å². The Bertz CT molecular complexity index is 597. The number of hydrogen-bond donors (Lipinski definition) is 1. The van der Waals surface area contributed by atoms with Crippen molar-refractivity contribution in [3.05, 3.63) is 16.8 Å². The fourth-order valence-electron chi connectivity index (χ4n) is 3.18. The quantitative estimate of drug-likeness (QED) is 0.796. The van der Waals surface area contributed by atoms with E-state index in [0.717, 1.165) is 29.4 Å². The molecule has 2 aromatic rings. The molecule has 1 N–H and O–H groups in total. The number of thiophene rings is 1. The van der Waals surface area contributed by atoms with E-state index in [-0.39, 0.29) is 0 Å². The number of aromatic nitrogens is 2. The molecule has 0 aromatic carbocycles. The highest BCUT2D eigenvalue weighted by atomic mass is 32.1. The van der Waals surface area contributed by atoms with E-state index in [1.54, 1.807) is 0 Å². The van der Waals surface area contributed by atoms with Crippen LogP contribution in [0.2, 0.25) is 0 Å². The minimum absolute atomic E-state index is 0.557. The first-order valence-electron chi connectivity index (χ1n) is 8.36. The number of anilines is 1. The van der Waals surface area contributed by atoms with Crippen LogP contribution in [-0.4, -0.2) is 16.5 Å². The van der Waals surface area contributed by atoms with Gasteiger partial charge in [0.25, 0.3) is 0 Å². The maximum Gasteiger partial charge on any atom is 0.138 e. The molecule has 0 bridgehead atoms. The van der Waals surface area contributed by atoms with Gasteiger partial charge in [-0.2, -0.15) is 0 Å². The van der Waals surface area contributed by atoms with Crippen molar-refractivity contribution in [2.45, 2.75) is 64.7 Å². The van der Waals surface area contributed by atoms with Crippen molar-refractivity contribution in [3.63, 3.8) is 0 Å². The molecule has 1 aliphatic rings. The van der Waals surface area contributed by atoms with Crippen molar-refractivity contribution >= 4 is 27.4 Å². The lowest BCUT2D eigenvalue weighted by molar-refractivity contribution is 0.563. The zero-order chi connectivity index (χ0) is 14.7. The summed E-state index contributed by atoms with van der Waals surface area (Å²) in [4.78, 5) is 12.4. The minimum atomic E-state index is 0.557. The average Bonchev–Trinajstić information content (AvgIpc) is 2.73. The third kappa shape index (κ3) is 3.20. The van der Waals surface area contributed by atoms with Gasteiger partial charge >= 0.3 is 0 Å². The molecule has 0 amide bonds. The van der Waals surface area contributed by atoms with Crippen molar-refractivity contribution in [1.82, 2.24) is 9.97 Å². The standard InChI is InChI=1S/C17H25N3S/c1-3-13-11-14-16(18-4-2)19-15(20-17(14)21-13)12-9-7-5-6-8-10-12/h11-12H,3-10H2,1-2H3,(H,18,19,20). The Balaban J connectivity index is 2.01. The van der Waals surface area contributed by atoms with Crippen molar-refractivity contribution in [3.8, 4) is 0 Å². The second kappa shape index (κ2) is 6.73. The molecule has 114 valence electrons. The highest BCUT2D eigenvalue weighted by Gasteiger charge is 2.20. The molecular formula is C17H25N3S. The summed E-state index contributed by atoms with van der Waals surface area (Å²) in [5.74, 6) is 2.67. The van der Waals surface area contributed by atoms with Gasteiger partial charge in [-0.25, -0.2) is 9.97 Å². The molecule has 21 heavy (non-hydrogen) atoms. The van der Waals surface area contributed by atoms with E-state index in [0.29, 0.717) is 5.92 Å². The van der Waals surface area contributed by atoms with Crippen LogP contribution in [-0.2, 0) is 6.42 Å². The molecular weight excluding hydrogens is 278 g/mol. The van der Waals surface area contributed by atoms with Gasteiger partial charge < -0.3 is 5.32 Å². The van der Waals surface area contributed by atoms with Gasteiger partial charge in [0.1, 0.15) is 16.5 Å². The Hall–Kier alpha value is -1.16. The van der Waals surface area contributed by atoms with Crippen LogP contribution in [0, 0.1) is 0 Å². The fraction of sp³-hybridized carbons (Fsp3) is 0.647. The summed E-state index contributed by atoms with van der Waals surface area (Å²) in [5.41, 5.74) is 0. The predicted octanol–water partition coefficient (Wildman–Crippen LogP) is 5.12. The molecule has 3 rings (SSSR count). The second-order valence-electron chi connectivity index (χ2n) is 5.93. The van der Waals surface area contributed by atoms with Crippen LogP contribution in [0.1, 0.15) is 69.0 Å². The Kier molecular flexibility index (Phi) is 4.73. The van der Waals surface area contributed by atoms with Crippen LogP contribution < -0.4 is 5.32 Å². The van der Waals surface area contributed by atoms with Crippen molar-refractivity contribution in [1.29, 1.82) is 0 Å². The first-order chi connectivity index (χ1) is 10.3. The summed E-state index contributed by atoms with van der Waals surface area (Å²) in [5, 5.41) is 4.64.